The smallest absolute Gasteiger partial charge is 0.433 e. The van der Waals surface area contributed by atoms with Crippen LogP contribution >= 0.6 is 0 Å². The Morgan fingerprint density at radius 1 is 1.31 bits per heavy atom. The van der Waals surface area contributed by atoms with E-state index in [-0.39, 0.29) is 16.9 Å². The monoisotopic (exact) mass is 367 g/mol. The molecule has 0 aliphatic heterocycles. The van der Waals surface area contributed by atoms with E-state index in [9.17, 15) is 22.8 Å². The molecule has 0 aliphatic carbocycles. The summed E-state index contributed by atoms with van der Waals surface area (Å²) in [6.07, 6.45) is -3.55. The number of alkyl halides is 3. The molecule has 0 saturated carbocycles. The molecule has 1 aromatic carbocycles. The predicted octanol–water partition coefficient (Wildman–Crippen LogP) is 0.900. The minimum absolute atomic E-state index is 0.0352. The summed E-state index contributed by atoms with van der Waals surface area (Å²) in [7, 11) is 1.13. The van der Waals surface area contributed by atoms with Crippen molar-refractivity contribution in [1.29, 1.82) is 0 Å². The van der Waals surface area contributed by atoms with Crippen molar-refractivity contribution in [3.63, 3.8) is 0 Å². The van der Waals surface area contributed by atoms with Gasteiger partial charge in [0.25, 0.3) is 5.91 Å². The highest BCUT2D eigenvalue weighted by molar-refractivity contribution is 6.08. The predicted molar refractivity (Wildman–Crippen MR) is 86.5 cm³/mol. The zero-order chi connectivity index (χ0) is 19.5. The molecule has 1 aromatic heterocycles. The van der Waals surface area contributed by atoms with Crippen LogP contribution in [0.1, 0.15) is 32.1 Å². The molecule has 7 nitrogen and oxygen atoms in total. The molecule has 0 spiro atoms. The lowest BCUT2D eigenvalue weighted by Gasteiger charge is -2.12. The molecular formula is C16H14F3N4O3+. The van der Waals surface area contributed by atoms with Crippen LogP contribution in [0.25, 0.3) is 0 Å². The number of carbonyl (C=O) groups is 2. The molecule has 0 saturated heterocycles. The highest BCUT2D eigenvalue weighted by atomic mass is 19.4. The van der Waals surface area contributed by atoms with E-state index in [0.29, 0.717) is 5.56 Å². The SMILES string of the molecule is COC(=O)c1cc(N)c(C=[NH2+])cc1NC(=O)c1cccc(C(F)(F)F)n1. The Kier molecular flexibility index (Phi) is 5.24. The van der Waals surface area contributed by atoms with Crippen molar-refractivity contribution in [3.8, 4) is 0 Å². The van der Waals surface area contributed by atoms with Crippen LogP contribution in [0.15, 0.2) is 30.3 Å². The summed E-state index contributed by atoms with van der Waals surface area (Å²) in [5, 5.41) is 7.74. The summed E-state index contributed by atoms with van der Waals surface area (Å²) in [6, 6.07) is 5.43. The second-order valence-corrected chi connectivity index (χ2v) is 5.04. The summed E-state index contributed by atoms with van der Waals surface area (Å²) in [6.45, 7) is 0. The first-order valence-electron chi connectivity index (χ1n) is 7.09. The fourth-order valence-electron chi connectivity index (χ4n) is 2.07. The van der Waals surface area contributed by atoms with Gasteiger partial charge in [-0.25, -0.2) is 9.78 Å². The standard InChI is InChI=1S/C16H13F3N4O3/c1-26-15(25)9-6-10(21)8(7-20)5-12(9)23-14(24)11-3-2-4-13(22-11)16(17,18)19/h2-7,20H,21H2,1H3,(H,23,24)/p+1. The van der Waals surface area contributed by atoms with Gasteiger partial charge in [0.1, 0.15) is 11.4 Å². The summed E-state index contributed by atoms with van der Waals surface area (Å²) in [4.78, 5) is 27.4. The van der Waals surface area contributed by atoms with Crippen molar-refractivity contribution in [2.24, 2.45) is 0 Å². The largest absolute Gasteiger partial charge is 0.465 e. The van der Waals surface area contributed by atoms with Crippen molar-refractivity contribution in [3.05, 3.63) is 52.8 Å². The van der Waals surface area contributed by atoms with Gasteiger partial charge < -0.3 is 15.8 Å². The van der Waals surface area contributed by atoms with E-state index in [4.69, 9.17) is 11.1 Å². The number of pyridine rings is 1. The number of carbonyl (C=O) groups excluding carboxylic acids is 2. The number of rotatable bonds is 4. The van der Waals surface area contributed by atoms with Gasteiger partial charge in [0.05, 0.1) is 23.9 Å². The minimum atomic E-state index is -4.70. The third kappa shape index (κ3) is 3.97. The molecule has 5 N–H and O–H groups in total. The van der Waals surface area contributed by atoms with Crippen LogP contribution in [0.2, 0.25) is 0 Å². The normalized spacial score (nSPS) is 10.9. The van der Waals surface area contributed by atoms with Crippen LogP contribution in [0.5, 0.6) is 0 Å². The second-order valence-electron chi connectivity index (χ2n) is 5.04. The number of methoxy groups -OCH3 is 1. The van der Waals surface area contributed by atoms with E-state index in [1.54, 1.807) is 0 Å². The number of nitrogens with one attached hydrogen (secondary N) is 1. The lowest BCUT2D eigenvalue weighted by molar-refractivity contribution is -0.141. The molecule has 10 heteroatoms. The number of benzene rings is 1. The number of ether oxygens (including phenoxy) is 1. The molecule has 1 amide bonds. The number of esters is 1. The summed E-state index contributed by atoms with van der Waals surface area (Å²) in [5.74, 6) is -1.75. The van der Waals surface area contributed by atoms with Crippen LogP contribution in [0.3, 0.4) is 0 Å². The molecular weight excluding hydrogens is 353 g/mol. The minimum Gasteiger partial charge on any atom is -0.465 e. The molecule has 0 fully saturated rings. The average Bonchev–Trinajstić information content (AvgIpc) is 2.61. The van der Waals surface area contributed by atoms with Gasteiger partial charge in [-0.15, -0.1) is 0 Å². The number of halogens is 3. The van der Waals surface area contributed by atoms with Gasteiger partial charge in [0.15, 0.2) is 6.21 Å². The molecule has 2 rings (SSSR count). The van der Waals surface area contributed by atoms with E-state index < -0.39 is 29.4 Å². The first-order chi connectivity index (χ1) is 12.2. The number of amides is 1. The van der Waals surface area contributed by atoms with Crippen LogP contribution in [0, 0.1) is 0 Å². The van der Waals surface area contributed by atoms with Gasteiger partial charge in [0.2, 0.25) is 0 Å². The molecule has 0 bridgehead atoms. The number of anilines is 2. The third-order valence-corrected chi connectivity index (χ3v) is 3.33. The molecule has 26 heavy (non-hydrogen) atoms. The number of nitrogens with two attached hydrogens (primary N) is 2. The molecule has 0 unspecified atom stereocenters. The molecule has 1 heterocycles. The number of nitrogen functional groups attached to an aromatic ring is 1. The fraction of sp³-hybridized carbons (Fsp3) is 0.125. The summed E-state index contributed by atoms with van der Waals surface area (Å²) >= 11 is 0. The van der Waals surface area contributed by atoms with Gasteiger partial charge in [0, 0.05) is 5.69 Å². The quantitative estimate of drug-likeness (QED) is 0.421. The van der Waals surface area contributed by atoms with E-state index in [2.05, 4.69) is 15.0 Å². The van der Waals surface area contributed by atoms with Crippen LogP contribution in [-0.2, 0) is 10.9 Å². The summed E-state index contributed by atoms with van der Waals surface area (Å²) < 4.78 is 42.8. The Morgan fingerprint density at radius 2 is 2.00 bits per heavy atom. The van der Waals surface area contributed by atoms with Crippen LogP contribution in [-0.4, -0.2) is 30.2 Å². The lowest BCUT2D eigenvalue weighted by Crippen LogP contribution is -2.30. The second kappa shape index (κ2) is 7.21. The van der Waals surface area contributed by atoms with E-state index in [0.717, 1.165) is 31.5 Å². The maximum atomic E-state index is 12.7. The molecule has 0 aliphatic rings. The average molecular weight is 367 g/mol. The Hall–Kier alpha value is -3.43. The van der Waals surface area contributed by atoms with Crippen LogP contribution in [0.4, 0.5) is 24.5 Å². The van der Waals surface area contributed by atoms with Crippen molar-refractivity contribution in [2.75, 3.05) is 18.2 Å². The Bertz CT molecular complexity index is 882. The van der Waals surface area contributed by atoms with Crippen molar-refractivity contribution < 1.29 is 32.9 Å². The van der Waals surface area contributed by atoms with Crippen molar-refractivity contribution in [1.82, 2.24) is 4.98 Å². The molecule has 0 atom stereocenters. The number of hydrogen-bond acceptors (Lipinski definition) is 5. The zero-order valence-electron chi connectivity index (χ0n) is 13.4. The first kappa shape index (κ1) is 18.9. The van der Waals surface area contributed by atoms with Gasteiger partial charge in [-0.1, -0.05) is 6.07 Å². The number of nitrogens with zero attached hydrogens (tertiary/aromatic N) is 1. The lowest BCUT2D eigenvalue weighted by atomic mass is 10.1. The van der Waals surface area contributed by atoms with Crippen molar-refractivity contribution in [2.45, 2.75) is 6.18 Å². The molecule has 2 aromatic rings. The highest BCUT2D eigenvalue weighted by Crippen LogP contribution is 2.28. The Morgan fingerprint density at radius 3 is 2.58 bits per heavy atom. The fourth-order valence-corrected chi connectivity index (χ4v) is 2.07. The highest BCUT2D eigenvalue weighted by Gasteiger charge is 2.33. The first-order valence-corrected chi connectivity index (χ1v) is 7.09. The Balaban J connectivity index is 2.43. The van der Waals surface area contributed by atoms with Gasteiger partial charge in [-0.05, 0) is 24.3 Å². The maximum absolute atomic E-state index is 12.7. The molecule has 0 radical (unpaired) electrons. The molecule has 136 valence electrons. The van der Waals surface area contributed by atoms with Gasteiger partial charge in [-0.2, -0.15) is 13.2 Å². The Labute approximate surface area is 145 Å². The number of aromatic nitrogens is 1. The maximum Gasteiger partial charge on any atom is 0.433 e. The zero-order valence-corrected chi connectivity index (χ0v) is 13.4. The van der Waals surface area contributed by atoms with E-state index in [1.165, 1.54) is 12.1 Å². The topological polar surface area (TPSA) is 120 Å². The van der Waals surface area contributed by atoms with E-state index >= 15 is 0 Å². The van der Waals surface area contributed by atoms with Crippen molar-refractivity contribution >= 4 is 29.5 Å². The summed E-state index contributed by atoms with van der Waals surface area (Å²) in [5.41, 5.74) is 4.38. The van der Waals surface area contributed by atoms with Crippen LogP contribution < -0.4 is 16.5 Å². The number of hydrogen-bond donors (Lipinski definition) is 3. The third-order valence-electron chi connectivity index (χ3n) is 3.33. The van der Waals surface area contributed by atoms with E-state index in [1.807, 2.05) is 0 Å². The van der Waals surface area contributed by atoms with Gasteiger partial charge >= 0.3 is 12.1 Å². The van der Waals surface area contributed by atoms with Gasteiger partial charge in [-0.3, -0.25) is 10.2 Å².